The number of hydrogen-bond acceptors (Lipinski definition) is 5. The summed E-state index contributed by atoms with van der Waals surface area (Å²) in [6.07, 6.45) is 7.61. The maximum Gasteiger partial charge on any atom is 0.260 e. The number of nitrogens with zero attached hydrogens (tertiary/aromatic N) is 3. The number of hydrogen-bond donors (Lipinski definition) is 1. The molecule has 1 N–H and O–H groups in total. The van der Waals surface area contributed by atoms with Crippen LogP contribution in [0, 0.1) is 0 Å². The zero-order chi connectivity index (χ0) is 19.3. The highest BCUT2D eigenvalue weighted by Crippen LogP contribution is 2.30. The maximum atomic E-state index is 12.5. The van der Waals surface area contributed by atoms with Gasteiger partial charge in [0, 0.05) is 38.1 Å². The lowest BCUT2D eigenvalue weighted by Gasteiger charge is -2.06. The lowest BCUT2D eigenvalue weighted by atomic mass is 10.1. The minimum atomic E-state index is -0.178. The zero-order valence-corrected chi connectivity index (χ0v) is 15.5. The molecular weight excluding hydrogens is 356 g/mol. The minimum Gasteiger partial charge on any atom is -0.494 e. The topological polar surface area (TPSA) is 82.0 Å². The molecule has 1 aromatic carbocycles. The number of pyridine rings is 1. The van der Waals surface area contributed by atoms with Crippen molar-refractivity contribution in [3.05, 3.63) is 71.7 Å². The van der Waals surface area contributed by atoms with E-state index in [1.807, 2.05) is 47.2 Å². The molecule has 3 heterocycles. The predicted octanol–water partition coefficient (Wildman–Crippen LogP) is 3.19. The molecule has 0 radical (unpaired) electrons. The number of nitrogens with one attached hydrogen (secondary N) is 1. The van der Waals surface area contributed by atoms with Crippen molar-refractivity contribution in [2.75, 3.05) is 20.3 Å². The first-order chi connectivity index (χ1) is 13.8. The van der Waals surface area contributed by atoms with Gasteiger partial charge in [0.1, 0.15) is 5.75 Å². The molecule has 4 aromatic rings. The Morgan fingerprint density at radius 2 is 2.00 bits per heavy atom. The van der Waals surface area contributed by atoms with E-state index in [2.05, 4.69) is 15.0 Å². The number of H-pyrrole nitrogens is 1. The number of benzene rings is 1. The lowest BCUT2D eigenvalue weighted by Crippen LogP contribution is -2.07. The molecule has 4 rings (SSSR count). The summed E-state index contributed by atoms with van der Waals surface area (Å²) in [6, 6.07) is 11.5. The van der Waals surface area contributed by atoms with Gasteiger partial charge in [0.05, 0.1) is 30.2 Å². The third-order valence-corrected chi connectivity index (χ3v) is 4.44. The molecule has 0 spiro atoms. The Balaban J connectivity index is 1.72. The molecule has 3 aromatic heterocycles. The van der Waals surface area contributed by atoms with Gasteiger partial charge in [-0.15, -0.1) is 0 Å². The molecule has 142 valence electrons. The minimum absolute atomic E-state index is 0.178. The fourth-order valence-electron chi connectivity index (χ4n) is 3.11. The van der Waals surface area contributed by atoms with Gasteiger partial charge in [-0.2, -0.15) is 0 Å². The largest absolute Gasteiger partial charge is 0.494 e. The Hall–Kier alpha value is -3.45. The highest BCUT2D eigenvalue weighted by molar-refractivity contribution is 5.94. The van der Waals surface area contributed by atoms with E-state index < -0.39 is 0 Å². The van der Waals surface area contributed by atoms with Crippen molar-refractivity contribution in [1.29, 1.82) is 0 Å². The Labute approximate surface area is 161 Å². The van der Waals surface area contributed by atoms with Gasteiger partial charge >= 0.3 is 0 Å². The van der Waals surface area contributed by atoms with Crippen LogP contribution in [0.15, 0.2) is 66.1 Å². The van der Waals surface area contributed by atoms with E-state index in [1.54, 1.807) is 19.5 Å². The van der Waals surface area contributed by atoms with Crippen molar-refractivity contribution < 1.29 is 9.47 Å². The molecule has 28 heavy (non-hydrogen) atoms. The van der Waals surface area contributed by atoms with Crippen LogP contribution in [-0.4, -0.2) is 39.8 Å². The van der Waals surface area contributed by atoms with Gasteiger partial charge in [0.2, 0.25) is 0 Å². The van der Waals surface area contributed by atoms with Gasteiger partial charge in [0.15, 0.2) is 5.65 Å². The molecule has 0 unspecified atom stereocenters. The van der Waals surface area contributed by atoms with Crippen LogP contribution in [0.3, 0.4) is 0 Å². The Morgan fingerprint density at radius 1 is 1.14 bits per heavy atom. The third-order valence-electron chi connectivity index (χ3n) is 4.44. The number of ether oxygens (including phenoxy) is 2. The fraction of sp³-hybridized carbons (Fsp3) is 0.190. The Bertz CT molecular complexity index is 1120. The van der Waals surface area contributed by atoms with Gasteiger partial charge in [-0.05, 0) is 29.8 Å². The van der Waals surface area contributed by atoms with Crippen LogP contribution in [0.2, 0.25) is 0 Å². The first kappa shape index (κ1) is 17.9. The van der Waals surface area contributed by atoms with Gasteiger partial charge in [-0.25, -0.2) is 4.98 Å². The average molecular weight is 376 g/mol. The molecule has 7 nitrogen and oxygen atoms in total. The first-order valence-corrected chi connectivity index (χ1v) is 8.99. The first-order valence-electron chi connectivity index (χ1n) is 8.99. The average Bonchev–Trinajstić information content (AvgIpc) is 3.13. The molecule has 0 amide bonds. The predicted molar refractivity (Wildman–Crippen MR) is 107 cm³/mol. The van der Waals surface area contributed by atoms with E-state index in [0.29, 0.717) is 24.2 Å². The summed E-state index contributed by atoms with van der Waals surface area (Å²) in [5.74, 6) is 0.780. The normalized spacial score (nSPS) is 11.0. The molecule has 0 atom stereocenters. The molecular formula is C21H20N4O3. The van der Waals surface area contributed by atoms with Crippen LogP contribution in [0.1, 0.15) is 6.42 Å². The molecule has 0 saturated heterocycles. The molecule has 0 aliphatic carbocycles. The van der Waals surface area contributed by atoms with E-state index in [1.165, 1.54) is 6.33 Å². The van der Waals surface area contributed by atoms with E-state index >= 15 is 0 Å². The van der Waals surface area contributed by atoms with Crippen molar-refractivity contribution in [1.82, 2.24) is 19.5 Å². The number of aromatic nitrogens is 4. The summed E-state index contributed by atoms with van der Waals surface area (Å²) >= 11 is 0. The number of methoxy groups -OCH3 is 1. The van der Waals surface area contributed by atoms with Crippen molar-refractivity contribution in [2.24, 2.45) is 0 Å². The molecule has 0 bridgehead atoms. The summed E-state index contributed by atoms with van der Waals surface area (Å²) in [5.41, 5.74) is 2.97. The monoisotopic (exact) mass is 376 g/mol. The van der Waals surface area contributed by atoms with Crippen LogP contribution in [0.25, 0.3) is 27.8 Å². The van der Waals surface area contributed by atoms with Gasteiger partial charge in [-0.1, -0.05) is 12.1 Å². The lowest BCUT2D eigenvalue weighted by molar-refractivity contribution is 0.172. The van der Waals surface area contributed by atoms with Crippen LogP contribution < -0.4 is 10.3 Å². The second kappa shape index (κ2) is 8.06. The Morgan fingerprint density at radius 3 is 2.75 bits per heavy atom. The van der Waals surface area contributed by atoms with Crippen molar-refractivity contribution in [3.8, 4) is 22.6 Å². The SMILES string of the molecule is COCCCOc1ccc(-c2cn(-c3cccnc3)c3nc[nH]c(=O)c23)cc1. The van der Waals surface area contributed by atoms with Crippen LogP contribution in [0.4, 0.5) is 0 Å². The number of aromatic amines is 1. The molecule has 7 heteroatoms. The van der Waals surface area contributed by atoms with E-state index in [-0.39, 0.29) is 5.56 Å². The standard InChI is InChI=1S/C21H20N4O3/c1-27-10-3-11-28-17-7-5-15(6-8-17)18-13-25(16-4-2-9-22-12-16)20-19(18)21(26)24-14-23-20/h2,4-9,12-14H,3,10-11H2,1H3,(H,23,24,26). The smallest absolute Gasteiger partial charge is 0.260 e. The second-order valence-electron chi connectivity index (χ2n) is 6.27. The van der Waals surface area contributed by atoms with Crippen molar-refractivity contribution in [2.45, 2.75) is 6.42 Å². The summed E-state index contributed by atoms with van der Waals surface area (Å²) < 4.78 is 12.6. The van der Waals surface area contributed by atoms with E-state index in [4.69, 9.17) is 9.47 Å². The highest BCUT2D eigenvalue weighted by Gasteiger charge is 2.15. The Kier molecular flexibility index (Phi) is 5.16. The van der Waals surface area contributed by atoms with Gasteiger partial charge in [0.25, 0.3) is 5.56 Å². The van der Waals surface area contributed by atoms with Gasteiger partial charge < -0.3 is 14.5 Å². The molecule has 0 saturated carbocycles. The summed E-state index contributed by atoms with van der Waals surface area (Å²) in [5, 5.41) is 0.542. The molecule has 0 aliphatic heterocycles. The van der Waals surface area contributed by atoms with Crippen LogP contribution in [0.5, 0.6) is 5.75 Å². The maximum absolute atomic E-state index is 12.5. The summed E-state index contributed by atoms with van der Waals surface area (Å²) in [4.78, 5) is 23.7. The highest BCUT2D eigenvalue weighted by atomic mass is 16.5. The van der Waals surface area contributed by atoms with Gasteiger partial charge in [-0.3, -0.25) is 14.3 Å². The molecule has 0 fully saturated rings. The van der Waals surface area contributed by atoms with Crippen molar-refractivity contribution in [3.63, 3.8) is 0 Å². The van der Waals surface area contributed by atoms with Crippen molar-refractivity contribution >= 4 is 11.0 Å². The van der Waals surface area contributed by atoms with Crippen LogP contribution >= 0.6 is 0 Å². The molecule has 0 aliphatic rings. The zero-order valence-electron chi connectivity index (χ0n) is 15.5. The quantitative estimate of drug-likeness (QED) is 0.501. The second-order valence-corrected chi connectivity index (χ2v) is 6.27. The fourth-order valence-corrected chi connectivity index (χ4v) is 3.11. The van der Waals surface area contributed by atoms with E-state index in [0.717, 1.165) is 29.0 Å². The summed E-state index contributed by atoms with van der Waals surface area (Å²) in [6.45, 7) is 1.26. The van der Waals surface area contributed by atoms with Crippen LogP contribution in [-0.2, 0) is 4.74 Å². The third kappa shape index (κ3) is 3.52. The number of rotatable bonds is 7. The van der Waals surface area contributed by atoms with E-state index in [9.17, 15) is 4.79 Å². The summed E-state index contributed by atoms with van der Waals surface area (Å²) in [7, 11) is 1.67. The number of fused-ring (bicyclic) bond motifs is 1.